The molecule has 134 valence electrons. The summed E-state index contributed by atoms with van der Waals surface area (Å²) in [5.74, 6) is 1.28. The number of benzene rings is 1. The van der Waals surface area contributed by atoms with Gasteiger partial charge in [0.1, 0.15) is 5.82 Å². The third kappa shape index (κ3) is 5.44. The lowest BCUT2D eigenvalue weighted by molar-refractivity contribution is 0.0398. The highest BCUT2D eigenvalue weighted by molar-refractivity contribution is 6.36. The normalized spacial score (nSPS) is 15.2. The molecule has 1 aliphatic heterocycles. The van der Waals surface area contributed by atoms with E-state index in [-0.39, 0.29) is 0 Å². The van der Waals surface area contributed by atoms with Crippen molar-refractivity contribution in [3.05, 3.63) is 40.0 Å². The quantitative estimate of drug-likeness (QED) is 0.797. The summed E-state index contributed by atoms with van der Waals surface area (Å²) in [5, 5.41) is 7.64. The molecule has 0 aliphatic carbocycles. The van der Waals surface area contributed by atoms with Gasteiger partial charge in [0, 0.05) is 43.0 Å². The van der Waals surface area contributed by atoms with Gasteiger partial charge in [-0.25, -0.2) is 4.98 Å². The van der Waals surface area contributed by atoms with E-state index in [4.69, 9.17) is 27.9 Å². The molecule has 6 nitrogen and oxygen atoms in total. The first-order chi connectivity index (χ1) is 12.1. The molecule has 1 aromatic heterocycles. The Labute approximate surface area is 157 Å². The number of rotatable bonds is 6. The predicted molar refractivity (Wildman–Crippen MR) is 102 cm³/mol. The van der Waals surface area contributed by atoms with Gasteiger partial charge in [-0.05, 0) is 25.1 Å². The Balaban J connectivity index is 1.61. The van der Waals surface area contributed by atoms with Gasteiger partial charge in [0.05, 0.1) is 23.9 Å². The Morgan fingerprint density at radius 1 is 1.16 bits per heavy atom. The molecule has 8 heteroatoms. The van der Waals surface area contributed by atoms with E-state index < -0.39 is 0 Å². The summed E-state index contributed by atoms with van der Waals surface area (Å²) in [6.45, 7) is 7.20. The summed E-state index contributed by atoms with van der Waals surface area (Å²) >= 11 is 12.1. The van der Waals surface area contributed by atoms with E-state index >= 15 is 0 Å². The molecule has 2 N–H and O–H groups in total. The van der Waals surface area contributed by atoms with Gasteiger partial charge in [0.2, 0.25) is 5.95 Å². The standard InChI is InChI=1S/C17H21Cl2N5O/c1-12-10-16(22-15-3-2-13(18)11-14(15)19)23-17(21-12)20-4-5-24-6-8-25-9-7-24/h2-3,10-11H,4-9H2,1H3,(H2,20,21,22,23). The third-order valence-corrected chi connectivity index (χ3v) is 4.41. The molecular formula is C17H21Cl2N5O. The summed E-state index contributed by atoms with van der Waals surface area (Å²) in [6.07, 6.45) is 0. The molecule has 0 amide bonds. The Kier molecular flexibility index (Phi) is 6.31. The number of morpholine rings is 1. The first kappa shape index (κ1) is 18.2. The minimum Gasteiger partial charge on any atom is -0.379 e. The molecule has 1 fully saturated rings. The van der Waals surface area contributed by atoms with E-state index in [1.807, 2.05) is 19.1 Å². The first-order valence-corrected chi connectivity index (χ1v) is 8.97. The van der Waals surface area contributed by atoms with Crippen LogP contribution in [0.1, 0.15) is 5.69 Å². The van der Waals surface area contributed by atoms with Crippen molar-refractivity contribution < 1.29 is 4.74 Å². The van der Waals surface area contributed by atoms with Crippen molar-refractivity contribution in [2.75, 3.05) is 50.0 Å². The number of nitrogens with one attached hydrogen (secondary N) is 2. The van der Waals surface area contributed by atoms with E-state index in [1.54, 1.807) is 12.1 Å². The fraction of sp³-hybridized carbons (Fsp3) is 0.412. The van der Waals surface area contributed by atoms with Crippen molar-refractivity contribution in [3.8, 4) is 0 Å². The van der Waals surface area contributed by atoms with Gasteiger partial charge in [-0.3, -0.25) is 4.90 Å². The maximum Gasteiger partial charge on any atom is 0.224 e. The number of aryl methyl sites for hydroxylation is 1. The fourth-order valence-corrected chi connectivity index (χ4v) is 3.05. The van der Waals surface area contributed by atoms with Gasteiger partial charge in [-0.2, -0.15) is 4.98 Å². The van der Waals surface area contributed by atoms with Crippen molar-refractivity contribution in [2.45, 2.75) is 6.92 Å². The summed E-state index contributed by atoms with van der Waals surface area (Å²) in [4.78, 5) is 11.3. The van der Waals surface area contributed by atoms with Crippen LogP contribution in [0.15, 0.2) is 24.3 Å². The minimum absolute atomic E-state index is 0.547. The van der Waals surface area contributed by atoms with Crippen LogP contribution in [0.3, 0.4) is 0 Å². The summed E-state index contributed by atoms with van der Waals surface area (Å²) in [6, 6.07) is 7.18. The van der Waals surface area contributed by atoms with Crippen molar-refractivity contribution in [3.63, 3.8) is 0 Å². The van der Waals surface area contributed by atoms with Crippen molar-refractivity contribution in [2.24, 2.45) is 0 Å². The lowest BCUT2D eigenvalue weighted by Gasteiger charge is -2.26. The maximum atomic E-state index is 6.21. The van der Waals surface area contributed by atoms with Crippen LogP contribution in [0.2, 0.25) is 10.0 Å². The second-order valence-electron chi connectivity index (χ2n) is 5.85. The molecule has 0 unspecified atom stereocenters. The van der Waals surface area contributed by atoms with E-state index in [2.05, 4.69) is 25.5 Å². The predicted octanol–water partition coefficient (Wildman–Crippen LogP) is 3.58. The average molecular weight is 382 g/mol. The zero-order valence-electron chi connectivity index (χ0n) is 14.1. The van der Waals surface area contributed by atoms with Crippen molar-refractivity contribution >= 4 is 40.7 Å². The lowest BCUT2D eigenvalue weighted by Crippen LogP contribution is -2.39. The SMILES string of the molecule is Cc1cc(Nc2ccc(Cl)cc2Cl)nc(NCCN2CCOCC2)n1. The van der Waals surface area contributed by atoms with Crippen LogP contribution >= 0.6 is 23.2 Å². The second kappa shape index (κ2) is 8.67. The van der Waals surface area contributed by atoms with Crippen LogP contribution in [0.25, 0.3) is 0 Å². The monoisotopic (exact) mass is 381 g/mol. The number of halogens is 2. The van der Waals surface area contributed by atoms with Crippen LogP contribution in [-0.4, -0.2) is 54.3 Å². The number of aromatic nitrogens is 2. The average Bonchev–Trinajstić information content (AvgIpc) is 2.58. The number of nitrogens with zero attached hydrogens (tertiary/aromatic N) is 3. The first-order valence-electron chi connectivity index (χ1n) is 8.22. The molecule has 25 heavy (non-hydrogen) atoms. The van der Waals surface area contributed by atoms with Gasteiger partial charge >= 0.3 is 0 Å². The molecule has 0 atom stereocenters. The molecule has 1 aromatic carbocycles. The highest BCUT2D eigenvalue weighted by atomic mass is 35.5. The van der Waals surface area contributed by atoms with Crippen LogP contribution in [0.4, 0.5) is 17.5 Å². The maximum absolute atomic E-state index is 6.21. The minimum atomic E-state index is 0.547. The highest BCUT2D eigenvalue weighted by Crippen LogP contribution is 2.28. The number of hydrogen-bond acceptors (Lipinski definition) is 6. The molecule has 1 saturated heterocycles. The molecule has 0 radical (unpaired) electrons. The van der Waals surface area contributed by atoms with Crippen LogP contribution < -0.4 is 10.6 Å². The molecular weight excluding hydrogens is 361 g/mol. The zero-order chi connectivity index (χ0) is 17.6. The van der Waals surface area contributed by atoms with E-state index in [0.717, 1.165) is 50.8 Å². The van der Waals surface area contributed by atoms with Crippen molar-refractivity contribution in [1.29, 1.82) is 0 Å². The molecule has 0 bridgehead atoms. The van der Waals surface area contributed by atoms with Gasteiger partial charge in [0.25, 0.3) is 0 Å². The van der Waals surface area contributed by atoms with Crippen LogP contribution in [0.5, 0.6) is 0 Å². The van der Waals surface area contributed by atoms with E-state index in [9.17, 15) is 0 Å². The molecule has 3 rings (SSSR count). The summed E-state index contributed by atoms with van der Waals surface area (Å²) in [7, 11) is 0. The lowest BCUT2D eigenvalue weighted by atomic mass is 10.3. The van der Waals surface area contributed by atoms with Gasteiger partial charge in [-0.1, -0.05) is 23.2 Å². The molecule has 0 saturated carbocycles. The fourth-order valence-electron chi connectivity index (χ4n) is 2.59. The molecule has 1 aliphatic rings. The highest BCUT2D eigenvalue weighted by Gasteiger charge is 2.10. The van der Waals surface area contributed by atoms with Crippen LogP contribution in [0, 0.1) is 6.92 Å². The van der Waals surface area contributed by atoms with Gasteiger partial charge in [0.15, 0.2) is 0 Å². The Morgan fingerprint density at radius 3 is 2.72 bits per heavy atom. The van der Waals surface area contributed by atoms with Gasteiger partial charge < -0.3 is 15.4 Å². The van der Waals surface area contributed by atoms with E-state index in [1.165, 1.54) is 0 Å². The Morgan fingerprint density at radius 2 is 1.96 bits per heavy atom. The number of anilines is 3. The van der Waals surface area contributed by atoms with Crippen LogP contribution in [-0.2, 0) is 4.74 Å². The summed E-state index contributed by atoms with van der Waals surface area (Å²) < 4.78 is 5.36. The largest absolute Gasteiger partial charge is 0.379 e. The second-order valence-corrected chi connectivity index (χ2v) is 6.69. The van der Waals surface area contributed by atoms with Gasteiger partial charge in [-0.15, -0.1) is 0 Å². The smallest absolute Gasteiger partial charge is 0.224 e. The summed E-state index contributed by atoms with van der Waals surface area (Å²) in [5.41, 5.74) is 1.62. The Hall–Kier alpha value is -1.60. The molecule has 2 heterocycles. The Bertz CT molecular complexity index is 722. The molecule has 0 spiro atoms. The third-order valence-electron chi connectivity index (χ3n) is 3.86. The molecule has 2 aromatic rings. The van der Waals surface area contributed by atoms with E-state index in [0.29, 0.717) is 21.8 Å². The number of ether oxygens (including phenoxy) is 1. The van der Waals surface area contributed by atoms with Crippen molar-refractivity contribution in [1.82, 2.24) is 14.9 Å². The zero-order valence-corrected chi connectivity index (χ0v) is 15.6. The number of hydrogen-bond donors (Lipinski definition) is 2. The topological polar surface area (TPSA) is 62.3 Å².